The first kappa shape index (κ1) is 16.1. The summed E-state index contributed by atoms with van der Waals surface area (Å²) >= 11 is 19.2. The smallest absolute Gasteiger partial charge is 0.277 e. The molecule has 1 N–H and O–H groups in total. The molecule has 0 aliphatic carbocycles. The predicted octanol–water partition coefficient (Wildman–Crippen LogP) is 4.24. The molecule has 2 aromatic rings. The van der Waals surface area contributed by atoms with Crippen molar-refractivity contribution in [2.75, 3.05) is 6.61 Å². The van der Waals surface area contributed by atoms with Gasteiger partial charge in [-0.05, 0) is 23.6 Å². The van der Waals surface area contributed by atoms with Crippen molar-refractivity contribution in [3.63, 3.8) is 0 Å². The van der Waals surface area contributed by atoms with Crippen LogP contribution in [0.1, 0.15) is 4.88 Å². The maximum absolute atomic E-state index is 11.6. The van der Waals surface area contributed by atoms with E-state index in [4.69, 9.17) is 39.5 Å². The molecule has 21 heavy (non-hydrogen) atoms. The summed E-state index contributed by atoms with van der Waals surface area (Å²) < 4.78 is 5.27. The Morgan fingerprint density at radius 1 is 1.33 bits per heavy atom. The number of ether oxygens (including phenoxy) is 1. The van der Waals surface area contributed by atoms with E-state index in [0.29, 0.717) is 5.02 Å². The maximum atomic E-state index is 11.6. The van der Waals surface area contributed by atoms with Crippen molar-refractivity contribution in [2.45, 2.75) is 0 Å². The van der Waals surface area contributed by atoms with Crippen molar-refractivity contribution in [3.8, 4) is 5.75 Å². The summed E-state index contributed by atoms with van der Waals surface area (Å²) in [5.41, 5.74) is 2.34. The van der Waals surface area contributed by atoms with Crippen molar-refractivity contribution in [1.82, 2.24) is 5.43 Å². The first-order valence-corrected chi connectivity index (χ1v) is 7.70. The molecular weight excluding hydrogens is 355 g/mol. The fourth-order valence-electron chi connectivity index (χ4n) is 1.37. The van der Waals surface area contributed by atoms with Gasteiger partial charge in [0.2, 0.25) is 0 Å². The molecule has 0 spiro atoms. The third-order valence-corrected chi connectivity index (χ3v) is 3.82. The topological polar surface area (TPSA) is 50.7 Å². The number of carbonyl (C=O) groups excluding carboxylic acids is 1. The molecule has 0 saturated carbocycles. The Labute approximate surface area is 140 Å². The van der Waals surface area contributed by atoms with Gasteiger partial charge in [-0.1, -0.05) is 40.9 Å². The Morgan fingerprint density at radius 3 is 2.67 bits per heavy atom. The minimum absolute atomic E-state index is 0.208. The van der Waals surface area contributed by atoms with Crippen LogP contribution in [-0.2, 0) is 4.79 Å². The van der Waals surface area contributed by atoms with Gasteiger partial charge in [0.15, 0.2) is 12.4 Å². The van der Waals surface area contributed by atoms with Gasteiger partial charge >= 0.3 is 0 Å². The largest absolute Gasteiger partial charge is 0.481 e. The van der Waals surface area contributed by atoms with Crippen LogP contribution in [0.2, 0.25) is 15.1 Å². The van der Waals surface area contributed by atoms with E-state index in [2.05, 4.69) is 10.5 Å². The highest BCUT2D eigenvalue weighted by molar-refractivity contribution is 7.11. The lowest BCUT2D eigenvalue weighted by atomic mass is 10.3. The molecule has 0 aliphatic rings. The molecule has 1 aromatic carbocycles. The molecule has 0 atom stereocenters. The van der Waals surface area contributed by atoms with Gasteiger partial charge in [-0.3, -0.25) is 4.79 Å². The number of hydrogen-bond donors (Lipinski definition) is 1. The Bertz CT molecular complexity index is 636. The SMILES string of the molecule is O=C(COc1c(Cl)cc(Cl)cc1Cl)N/N=C/c1cccs1. The average Bonchev–Trinajstić information content (AvgIpc) is 2.90. The number of amides is 1. The summed E-state index contributed by atoms with van der Waals surface area (Å²) in [4.78, 5) is 12.5. The summed E-state index contributed by atoms with van der Waals surface area (Å²) in [6.07, 6.45) is 1.55. The zero-order valence-corrected chi connectivity index (χ0v) is 13.6. The maximum Gasteiger partial charge on any atom is 0.277 e. The molecule has 0 radical (unpaired) electrons. The molecule has 2 rings (SSSR count). The second-order valence-corrected chi connectivity index (χ2v) is 6.03. The first-order valence-electron chi connectivity index (χ1n) is 5.69. The molecule has 0 aliphatic heterocycles. The molecule has 4 nitrogen and oxygen atoms in total. The van der Waals surface area contributed by atoms with Gasteiger partial charge in [-0.25, -0.2) is 5.43 Å². The normalized spacial score (nSPS) is 10.8. The number of nitrogens with one attached hydrogen (secondary N) is 1. The van der Waals surface area contributed by atoms with Crippen LogP contribution in [0.4, 0.5) is 0 Å². The Kier molecular flexibility index (Phi) is 5.87. The third kappa shape index (κ3) is 4.89. The van der Waals surface area contributed by atoms with Crippen LogP contribution in [0, 0.1) is 0 Å². The predicted molar refractivity (Wildman–Crippen MR) is 87.0 cm³/mol. The number of nitrogens with zero attached hydrogens (tertiary/aromatic N) is 1. The summed E-state index contributed by atoms with van der Waals surface area (Å²) in [5.74, 6) is -0.218. The summed E-state index contributed by atoms with van der Waals surface area (Å²) in [6, 6.07) is 6.74. The molecule has 0 unspecified atom stereocenters. The highest BCUT2D eigenvalue weighted by Crippen LogP contribution is 2.35. The Hall–Kier alpha value is -1.27. The van der Waals surface area contributed by atoms with Gasteiger partial charge in [0.25, 0.3) is 5.91 Å². The van der Waals surface area contributed by atoms with Gasteiger partial charge in [-0.2, -0.15) is 5.10 Å². The van der Waals surface area contributed by atoms with Gasteiger partial charge in [0.1, 0.15) is 0 Å². The van der Waals surface area contributed by atoms with Crippen LogP contribution < -0.4 is 10.2 Å². The van der Waals surface area contributed by atoms with Gasteiger partial charge < -0.3 is 4.74 Å². The lowest BCUT2D eigenvalue weighted by Crippen LogP contribution is -2.24. The highest BCUT2D eigenvalue weighted by Gasteiger charge is 2.11. The molecule has 110 valence electrons. The number of hydrogen-bond acceptors (Lipinski definition) is 4. The lowest BCUT2D eigenvalue weighted by Gasteiger charge is -2.09. The van der Waals surface area contributed by atoms with E-state index in [1.54, 1.807) is 6.21 Å². The standard InChI is InChI=1S/C13H9Cl3N2O2S/c14-8-4-10(15)13(11(16)5-8)20-7-12(19)18-17-6-9-2-1-3-21-9/h1-6H,7H2,(H,18,19)/b17-6+. The number of benzene rings is 1. The van der Waals surface area contributed by atoms with Crippen molar-refractivity contribution < 1.29 is 9.53 Å². The molecule has 0 fully saturated rings. The van der Waals surface area contributed by atoms with Crippen LogP contribution >= 0.6 is 46.1 Å². The minimum Gasteiger partial charge on any atom is -0.481 e. The molecule has 8 heteroatoms. The monoisotopic (exact) mass is 362 g/mol. The molecule has 1 aromatic heterocycles. The van der Waals surface area contributed by atoms with E-state index in [9.17, 15) is 4.79 Å². The van der Waals surface area contributed by atoms with Crippen LogP contribution in [0.25, 0.3) is 0 Å². The number of carbonyl (C=O) groups is 1. The zero-order valence-electron chi connectivity index (χ0n) is 10.5. The quantitative estimate of drug-likeness (QED) is 0.638. The van der Waals surface area contributed by atoms with E-state index >= 15 is 0 Å². The Morgan fingerprint density at radius 2 is 2.05 bits per heavy atom. The molecule has 1 heterocycles. The summed E-state index contributed by atoms with van der Waals surface area (Å²) in [5, 5.41) is 6.59. The van der Waals surface area contributed by atoms with E-state index in [1.165, 1.54) is 23.5 Å². The van der Waals surface area contributed by atoms with Gasteiger partial charge in [0.05, 0.1) is 16.3 Å². The minimum atomic E-state index is -0.426. The van der Waals surface area contributed by atoms with E-state index in [1.807, 2.05) is 17.5 Å². The first-order chi connectivity index (χ1) is 10.1. The number of hydrazone groups is 1. The van der Waals surface area contributed by atoms with Crippen LogP contribution in [0.15, 0.2) is 34.7 Å². The van der Waals surface area contributed by atoms with Crippen molar-refractivity contribution >= 4 is 58.3 Å². The number of thiophene rings is 1. The van der Waals surface area contributed by atoms with Crippen LogP contribution in [-0.4, -0.2) is 18.7 Å². The van der Waals surface area contributed by atoms with E-state index < -0.39 is 5.91 Å². The third-order valence-electron chi connectivity index (χ3n) is 2.23. The second kappa shape index (κ2) is 7.66. The zero-order chi connectivity index (χ0) is 15.2. The van der Waals surface area contributed by atoms with Crippen molar-refractivity contribution in [1.29, 1.82) is 0 Å². The lowest BCUT2D eigenvalue weighted by molar-refractivity contribution is -0.123. The van der Waals surface area contributed by atoms with Gasteiger partial charge in [0, 0.05) is 9.90 Å². The summed E-state index contributed by atoms with van der Waals surface area (Å²) in [7, 11) is 0. The number of halogens is 3. The van der Waals surface area contributed by atoms with Crippen molar-refractivity contribution in [2.24, 2.45) is 5.10 Å². The fourth-order valence-corrected chi connectivity index (χ4v) is 2.88. The highest BCUT2D eigenvalue weighted by atomic mass is 35.5. The van der Waals surface area contributed by atoms with Gasteiger partial charge in [-0.15, -0.1) is 11.3 Å². The molecule has 0 bridgehead atoms. The van der Waals surface area contributed by atoms with Crippen LogP contribution in [0.5, 0.6) is 5.75 Å². The molecular formula is C13H9Cl3N2O2S. The van der Waals surface area contributed by atoms with E-state index in [-0.39, 0.29) is 22.4 Å². The van der Waals surface area contributed by atoms with Crippen molar-refractivity contribution in [3.05, 3.63) is 49.6 Å². The van der Waals surface area contributed by atoms with E-state index in [0.717, 1.165) is 4.88 Å². The number of rotatable bonds is 5. The average molecular weight is 364 g/mol. The second-order valence-electron chi connectivity index (χ2n) is 3.80. The summed E-state index contributed by atoms with van der Waals surface area (Å²) in [6.45, 7) is -0.261. The molecule has 0 saturated heterocycles. The Balaban J connectivity index is 1.87. The van der Waals surface area contributed by atoms with Crippen LogP contribution in [0.3, 0.4) is 0 Å². The fraction of sp³-hybridized carbons (Fsp3) is 0.0769. The molecule has 1 amide bonds.